The first kappa shape index (κ1) is 63.0. The van der Waals surface area contributed by atoms with Gasteiger partial charge in [0.2, 0.25) is 53.2 Å². The Kier molecular flexibility index (Phi) is 24.6. The lowest BCUT2D eigenvalue weighted by Gasteiger charge is -2.35. The van der Waals surface area contributed by atoms with Gasteiger partial charge in [0.1, 0.15) is 60.2 Å². The molecule has 74 heavy (non-hydrogen) atoms. The molecule has 27 nitrogen and oxygen atoms in total. The molecule has 1 aromatic carbocycles. The van der Waals surface area contributed by atoms with Gasteiger partial charge in [-0.1, -0.05) is 39.8 Å². The molecule has 13 atom stereocenters. The minimum Gasteiger partial charge on any atom is -0.508 e. The highest BCUT2D eigenvalue weighted by molar-refractivity contribution is 5.99. The fraction of sp³-hybridized carbons (Fsp3) is 0.638. The minimum absolute atomic E-state index is 0.0356. The molecule has 0 saturated carbocycles. The van der Waals surface area contributed by atoms with E-state index in [-0.39, 0.29) is 54.9 Å². The third kappa shape index (κ3) is 18.1. The first-order chi connectivity index (χ1) is 34.4. The van der Waals surface area contributed by atoms with Crippen LogP contribution in [0.1, 0.15) is 92.2 Å². The van der Waals surface area contributed by atoms with E-state index in [2.05, 4.69) is 36.9 Å². The summed E-state index contributed by atoms with van der Waals surface area (Å²) < 4.78 is 5.65. The van der Waals surface area contributed by atoms with Gasteiger partial charge in [0.05, 0.1) is 12.2 Å². The third-order valence-corrected chi connectivity index (χ3v) is 12.7. The molecule has 16 N–H and O–H groups in total. The minimum atomic E-state index is -1.81. The van der Waals surface area contributed by atoms with E-state index >= 15 is 0 Å². The van der Waals surface area contributed by atoms with Crippen molar-refractivity contribution in [3.05, 3.63) is 29.8 Å². The lowest BCUT2D eigenvalue weighted by atomic mass is 9.93. The number of aromatic hydroxyl groups is 1. The number of guanidine groups is 1. The molecule has 1 aromatic rings. The molecule has 0 aliphatic carbocycles. The monoisotopic (exact) mass is 1050 g/mol. The highest BCUT2D eigenvalue weighted by Crippen LogP contribution is 2.26. The maximum atomic E-state index is 14.6. The van der Waals surface area contributed by atoms with Crippen molar-refractivity contribution in [3.8, 4) is 5.75 Å². The summed E-state index contributed by atoms with van der Waals surface area (Å²) in [6.45, 7) is 10.3. The van der Waals surface area contributed by atoms with E-state index in [4.69, 9.17) is 21.9 Å². The molecule has 0 bridgehead atoms. The molecule has 0 radical (unpaired) electrons. The third-order valence-electron chi connectivity index (χ3n) is 12.7. The van der Waals surface area contributed by atoms with Gasteiger partial charge in [-0.25, -0.2) is 4.79 Å². The summed E-state index contributed by atoms with van der Waals surface area (Å²) in [5.74, 6) is -11.2. The zero-order valence-corrected chi connectivity index (χ0v) is 43.5. The highest BCUT2D eigenvalue weighted by atomic mass is 16.5. The lowest BCUT2D eigenvalue weighted by molar-refractivity contribution is -0.152. The van der Waals surface area contributed by atoms with Crippen molar-refractivity contribution in [1.82, 2.24) is 41.7 Å². The van der Waals surface area contributed by atoms with Gasteiger partial charge in [0.25, 0.3) is 0 Å². The zero-order chi connectivity index (χ0) is 56.5. The van der Waals surface area contributed by atoms with Crippen LogP contribution >= 0.6 is 0 Å². The Morgan fingerprint density at radius 2 is 1.28 bits per heavy atom. The summed E-state index contributed by atoms with van der Waals surface area (Å²) in [5.41, 5.74) is 16.7. The maximum Gasteiger partial charge on any atom is 0.326 e. The Labute approximate surface area is 429 Å². The number of hydrogen-bond acceptors (Lipinski definition) is 15. The van der Waals surface area contributed by atoms with Crippen LogP contribution < -0.4 is 49.1 Å². The van der Waals surface area contributed by atoms with Crippen molar-refractivity contribution in [2.24, 2.45) is 39.9 Å². The van der Waals surface area contributed by atoms with Crippen molar-refractivity contribution in [1.29, 1.82) is 0 Å². The number of nitrogens with two attached hydrogens (primary N) is 3. The van der Waals surface area contributed by atoms with E-state index in [0.717, 1.165) is 16.7 Å². The van der Waals surface area contributed by atoms with Crippen LogP contribution in [-0.4, -0.2) is 184 Å². The van der Waals surface area contributed by atoms with E-state index in [1.807, 2.05) is 0 Å². The number of aliphatic imine (C=N–C) groups is 1. The number of amides is 9. The van der Waals surface area contributed by atoms with Gasteiger partial charge in [0, 0.05) is 40.1 Å². The van der Waals surface area contributed by atoms with Crippen molar-refractivity contribution in [2.45, 2.75) is 147 Å². The Morgan fingerprint density at radius 1 is 0.743 bits per heavy atom. The molecule has 0 spiro atoms. The predicted octanol–water partition coefficient (Wildman–Crippen LogP) is -3.84. The number of phenolic OH excluding ortho intramolecular Hbond substituents is 1. The number of phenols is 1. The number of benzene rings is 1. The molecule has 1 heterocycles. The van der Waals surface area contributed by atoms with Crippen LogP contribution in [0.4, 0.5) is 0 Å². The average Bonchev–Trinajstić information content (AvgIpc) is 3.58. The Bertz CT molecular complexity index is 2190. The molecular weight excluding hydrogens is 973 g/mol. The van der Waals surface area contributed by atoms with Crippen LogP contribution in [0.3, 0.4) is 0 Å². The van der Waals surface area contributed by atoms with Crippen LogP contribution in [-0.2, 0) is 52.7 Å². The second-order valence-electron chi connectivity index (χ2n) is 19.0. The number of carbonyl (C=O) groups excluding carboxylic acids is 9. The number of nitrogens with zero attached hydrogens (tertiary/aromatic N) is 3. The molecule has 1 aliphatic heterocycles. The van der Waals surface area contributed by atoms with E-state index in [0.29, 0.717) is 0 Å². The quantitative estimate of drug-likeness (QED) is 0.0208. The molecule has 1 aliphatic rings. The number of aliphatic hydroxyl groups excluding tert-OH is 2. The van der Waals surface area contributed by atoms with Crippen LogP contribution in [0.25, 0.3) is 0 Å². The first-order valence-corrected chi connectivity index (χ1v) is 24.0. The largest absolute Gasteiger partial charge is 0.508 e. The molecule has 13 unspecified atom stereocenters. The summed E-state index contributed by atoms with van der Waals surface area (Å²) in [7, 11) is 3.61. The fourth-order valence-corrected chi connectivity index (χ4v) is 7.94. The number of ether oxygens (including phenoxy) is 1. The molecule has 2 rings (SSSR count). The summed E-state index contributed by atoms with van der Waals surface area (Å²) in [6, 6.07) is -6.75. The van der Waals surface area contributed by atoms with Crippen molar-refractivity contribution >= 4 is 65.1 Å². The van der Waals surface area contributed by atoms with Crippen molar-refractivity contribution in [2.75, 3.05) is 27.7 Å². The van der Waals surface area contributed by atoms with Crippen LogP contribution in [0.15, 0.2) is 29.3 Å². The Balaban J connectivity index is 2.55. The van der Waals surface area contributed by atoms with Crippen molar-refractivity contribution < 1.29 is 73.1 Å². The number of rotatable bonds is 29. The number of primary amides is 1. The van der Waals surface area contributed by atoms with Gasteiger partial charge in [-0.3, -0.25) is 48.1 Å². The van der Waals surface area contributed by atoms with E-state index < -0.39 is 145 Å². The molecule has 9 amide bonds. The molecule has 27 heteroatoms. The second-order valence-corrected chi connectivity index (χ2v) is 19.0. The van der Waals surface area contributed by atoms with E-state index in [1.54, 1.807) is 27.7 Å². The lowest BCUT2D eigenvalue weighted by Crippen LogP contribution is -2.63. The standard InChI is InChI=1S/C47H76N12O15/c1-21(2)20-30(44(70)59(9)31(17-18-32(48)63)40(66)57-36(45(71)58(8)24(5)46(72)73)37(74-10)27-13-15-28(62)16-14-27)53-39(65)29(12-11-19-51-47(49)50)52-42(68)34(25(6)60)56-43(69)35(26(7)61)55-41(67)33-22(3)23(4)38(64)54-33/h13-16,21-26,29-31,33-37,60-62H,11-12,17-20H2,1-10H3,(H2,48,63)(H,52,68)(H,53,65)(H,54,64)(H,55,67)(H,56,69)(H,57,66)(H,72,73)(H4,49,50,51). The van der Waals surface area contributed by atoms with Crippen LogP contribution in [0.2, 0.25) is 0 Å². The van der Waals surface area contributed by atoms with Gasteiger partial charge < -0.3 is 84.1 Å². The molecule has 1 fully saturated rings. The number of likely N-dealkylation sites (N-methyl/N-ethyl adjacent to an activating group) is 2. The highest BCUT2D eigenvalue weighted by Gasteiger charge is 2.44. The second kappa shape index (κ2) is 28.9. The average molecular weight is 1050 g/mol. The summed E-state index contributed by atoms with van der Waals surface area (Å²) in [4.78, 5) is 140. The van der Waals surface area contributed by atoms with Crippen LogP contribution in [0, 0.1) is 17.8 Å². The Hall–Kier alpha value is -7.13. The van der Waals surface area contributed by atoms with Gasteiger partial charge in [-0.15, -0.1) is 0 Å². The first-order valence-electron chi connectivity index (χ1n) is 24.0. The Morgan fingerprint density at radius 3 is 1.77 bits per heavy atom. The summed E-state index contributed by atoms with van der Waals surface area (Å²) in [6.07, 6.45) is -5.57. The normalized spacial score (nSPS) is 19.3. The number of carboxylic acids is 1. The van der Waals surface area contributed by atoms with Gasteiger partial charge >= 0.3 is 5.97 Å². The number of aliphatic carboxylic acids is 1. The SMILES string of the molecule is COC(c1ccc(O)cc1)C(NC(=O)C(CCC(N)=O)N(C)C(=O)C(CC(C)C)NC(=O)C(CCCN=C(N)N)NC(=O)C(NC(=O)C(NC(=O)C1NC(=O)C(C)C1C)C(C)O)C(C)O)C(=O)N(C)C(C)C(=O)O. The summed E-state index contributed by atoms with van der Waals surface area (Å²) in [5, 5.41) is 55.8. The number of nitrogens with one attached hydrogen (secondary N) is 6. The fourth-order valence-electron chi connectivity index (χ4n) is 7.94. The van der Waals surface area contributed by atoms with E-state index in [1.165, 1.54) is 59.3 Å². The van der Waals surface area contributed by atoms with Gasteiger partial charge in [0.15, 0.2) is 5.96 Å². The molecular formula is C47H76N12O15. The maximum absolute atomic E-state index is 14.6. The van der Waals surface area contributed by atoms with Crippen molar-refractivity contribution in [3.63, 3.8) is 0 Å². The summed E-state index contributed by atoms with van der Waals surface area (Å²) >= 11 is 0. The van der Waals surface area contributed by atoms with Gasteiger partial charge in [-0.2, -0.15) is 0 Å². The zero-order valence-electron chi connectivity index (χ0n) is 43.5. The molecule has 414 valence electrons. The van der Waals surface area contributed by atoms with Gasteiger partial charge in [-0.05, 0) is 76.0 Å². The number of hydrogen-bond donors (Lipinski definition) is 13. The van der Waals surface area contributed by atoms with Crippen LogP contribution in [0.5, 0.6) is 5.75 Å². The molecule has 1 saturated heterocycles. The number of methoxy groups -OCH3 is 1. The smallest absolute Gasteiger partial charge is 0.326 e. The topological polar surface area (TPSA) is 430 Å². The number of aliphatic hydroxyl groups is 2. The number of carbonyl (C=O) groups is 10. The molecule has 0 aromatic heterocycles. The predicted molar refractivity (Wildman–Crippen MR) is 265 cm³/mol. The number of carboxylic acid groups (broad SMARTS) is 1. The van der Waals surface area contributed by atoms with E-state index in [9.17, 15) is 68.4 Å².